The molecule has 0 bridgehead atoms. The van der Waals surface area contributed by atoms with Crippen LogP contribution in [0.1, 0.15) is 42.9 Å². The molecule has 1 aliphatic heterocycles. The summed E-state index contributed by atoms with van der Waals surface area (Å²) in [5.41, 5.74) is 0.263. The van der Waals surface area contributed by atoms with Crippen LogP contribution in [0.2, 0.25) is 0 Å². The fourth-order valence-electron chi connectivity index (χ4n) is 3.59. The molecule has 0 radical (unpaired) electrons. The first-order valence-electron chi connectivity index (χ1n) is 8.51. The third-order valence-electron chi connectivity index (χ3n) is 5.07. The first-order chi connectivity index (χ1) is 11.4. The molecule has 1 aliphatic carbocycles. The molecule has 0 aromatic heterocycles. The van der Waals surface area contributed by atoms with E-state index < -0.39 is 11.7 Å². The van der Waals surface area contributed by atoms with Crippen LogP contribution in [-0.2, 0) is 11.0 Å². The predicted octanol–water partition coefficient (Wildman–Crippen LogP) is 3.61. The number of hydrogen-bond donors (Lipinski definition) is 1. The van der Waals surface area contributed by atoms with Crippen LogP contribution in [0.3, 0.4) is 0 Å². The van der Waals surface area contributed by atoms with Crippen molar-refractivity contribution < 1.29 is 18.0 Å². The van der Waals surface area contributed by atoms with E-state index in [0.29, 0.717) is 6.54 Å². The smallest absolute Gasteiger partial charge is 0.356 e. The Bertz CT molecular complexity index is 581. The largest absolute Gasteiger partial charge is 0.416 e. The number of carbonyl (C=O) groups is 1. The van der Waals surface area contributed by atoms with Gasteiger partial charge < -0.3 is 5.32 Å². The molecule has 1 saturated heterocycles. The minimum Gasteiger partial charge on any atom is -0.356 e. The van der Waals surface area contributed by atoms with Gasteiger partial charge in [-0.3, -0.25) is 9.69 Å². The van der Waals surface area contributed by atoms with Crippen LogP contribution >= 0.6 is 0 Å². The quantitative estimate of drug-likeness (QED) is 0.908. The van der Waals surface area contributed by atoms with Crippen molar-refractivity contribution in [3.63, 3.8) is 0 Å². The molecule has 1 saturated carbocycles. The summed E-state index contributed by atoms with van der Waals surface area (Å²) >= 11 is 0. The third-order valence-corrected chi connectivity index (χ3v) is 5.07. The summed E-state index contributed by atoms with van der Waals surface area (Å²) in [5, 5.41) is 3.02. The first-order valence-corrected chi connectivity index (χ1v) is 8.51. The maximum atomic E-state index is 12.7. The molecule has 2 aliphatic rings. The predicted molar refractivity (Wildman–Crippen MR) is 85.3 cm³/mol. The average molecular weight is 340 g/mol. The number of nitrogens with zero attached hydrogens (tertiary/aromatic N) is 1. The van der Waals surface area contributed by atoms with Crippen molar-refractivity contribution in [3.8, 4) is 0 Å². The Balaban J connectivity index is 1.72. The molecule has 132 valence electrons. The van der Waals surface area contributed by atoms with Gasteiger partial charge >= 0.3 is 6.18 Å². The van der Waals surface area contributed by atoms with Crippen molar-refractivity contribution >= 4 is 5.91 Å². The Morgan fingerprint density at radius 1 is 1.21 bits per heavy atom. The van der Waals surface area contributed by atoms with Crippen LogP contribution < -0.4 is 5.32 Å². The number of rotatable bonds is 4. The maximum absolute atomic E-state index is 12.7. The van der Waals surface area contributed by atoms with Crippen molar-refractivity contribution in [1.82, 2.24) is 10.2 Å². The highest BCUT2D eigenvalue weighted by atomic mass is 19.4. The van der Waals surface area contributed by atoms with Crippen LogP contribution in [0.15, 0.2) is 24.3 Å². The number of benzene rings is 1. The molecule has 3 nitrogen and oxygen atoms in total. The van der Waals surface area contributed by atoms with Crippen LogP contribution in [-0.4, -0.2) is 30.9 Å². The van der Waals surface area contributed by atoms with E-state index in [2.05, 4.69) is 10.2 Å². The van der Waals surface area contributed by atoms with Gasteiger partial charge in [-0.2, -0.15) is 13.2 Å². The van der Waals surface area contributed by atoms with Gasteiger partial charge in [0.25, 0.3) is 0 Å². The normalized spacial score (nSPS) is 25.5. The molecule has 0 spiro atoms. The topological polar surface area (TPSA) is 32.3 Å². The Morgan fingerprint density at radius 2 is 1.88 bits per heavy atom. The second kappa shape index (κ2) is 6.75. The molecule has 2 fully saturated rings. The van der Waals surface area contributed by atoms with Crippen molar-refractivity contribution in [3.05, 3.63) is 35.4 Å². The van der Waals surface area contributed by atoms with Gasteiger partial charge in [0.05, 0.1) is 5.56 Å². The molecule has 24 heavy (non-hydrogen) atoms. The Hall–Kier alpha value is -1.56. The number of nitrogens with one attached hydrogen (secondary N) is 1. The lowest BCUT2D eigenvalue weighted by Gasteiger charge is -2.39. The Morgan fingerprint density at radius 3 is 2.46 bits per heavy atom. The molecule has 1 heterocycles. The molecule has 1 amide bonds. The molecule has 6 heteroatoms. The van der Waals surface area contributed by atoms with Gasteiger partial charge in [0.2, 0.25) is 5.91 Å². The molecule has 2 atom stereocenters. The van der Waals surface area contributed by atoms with Gasteiger partial charge in [0.15, 0.2) is 0 Å². The SMILES string of the molecule is CN1CCC[C@H](CNC(=O)C2CC2)[C@H]1c1ccc(C(F)(F)F)cc1. The summed E-state index contributed by atoms with van der Waals surface area (Å²) in [5.74, 6) is 0.522. The zero-order chi connectivity index (χ0) is 17.3. The minimum atomic E-state index is -4.31. The van der Waals surface area contributed by atoms with E-state index in [1.54, 1.807) is 12.1 Å². The van der Waals surface area contributed by atoms with Gasteiger partial charge in [0, 0.05) is 18.5 Å². The van der Waals surface area contributed by atoms with Crippen molar-refractivity contribution in [1.29, 1.82) is 0 Å². The lowest BCUT2D eigenvalue weighted by atomic mass is 9.84. The molecule has 0 unspecified atom stereocenters. The number of likely N-dealkylation sites (tertiary alicyclic amines) is 1. The number of hydrogen-bond acceptors (Lipinski definition) is 2. The summed E-state index contributed by atoms with van der Waals surface area (Å²) in [4.78, 5) is 14.1. The lowest BCUT2D eigenvalue weighted by Crippen LogP contribution is -2.42. The number of amides is 1. The highest BCUT2D eigenvalue weighted by Gasteiger charge is 2.35. The Kier molecular flexibility index (Phi) is 4.85. The monoisotopic (exact) mass is 340 g/mol. The molecular formula is C18H23F3N2O. The standard InChI is InChI=1S/C18H23F3N2O/c1-23-10-2-3-14(11-22-17(24)13-4-5-13)16(23)12-6-8-15(9-7-12)18(19,20)21/h6-9,13-14,16H,2-5,10-11H2,1H3,(H,22,24)/t14-,16-/m1/s1. The molecule has 1 aromatic carbocycles. The molecule has 3 rings (SSSR count). The fraction of sp³-hybridized carbons (Fsp3) is 0.611. The fourth-order valence-corrected chi connectivity index (χ4v) is 3.59. The summed E-state index contributed by atoms with van der Waals surface area (Å²) in [6, 6.07) is 5.49. The molecular weight excluding hydrogens is 317 g/mol. The first kappa shape index (κ1) is 17.3. The average Bonchev–Trinajstić information content (AvgIpc) is 3.37. The van der Waals surface area contributed by atoms with Gasteiger partial charge in [-0.15, -0.1) is 0 Å². The summed E-state index contributed by atoms with van der Waals surface area (Å²) in [7, 11) is 2.00. The lowest BCUT2D eigenvalue weighted by molar-refractivity contribution is -0.137. The van der Waals surface area contributed by atoms with E-state index in [9.17, 15) is 18.0 Å². The number of carbonyl (C=O) groups excluding carboxylic acids is 1. The number of piperidine rings is 1. The van der Waals surface area contributed by atoms with E-state index in [1.807, 2.05) is 7.05 Å². The van der Waals surface area contributed by atoms with E-state index in [-0.39, 0.29) is 23.8 Å². The van der Waals surface area contributed by atoms with Crippen molar-refractivity contribution in [2.75, 3.05) is 20.1 Å². The van der Waals surface area contributed by atoms with Crippen LogP contribution in [0.25, 0.3) is 0 Å². The zero-order valence-electron chi connectivity index (χ0n) is 13.8. The second-order valence-electron chi connectivity index (χ2n) is 6.97. The van der Waals surface area contributed by atoms with Gasteiger partial charge in [-0.05, 0) is 62.9 Å². The second-order valence-corrected chi connectivity index (χ2v) is 6.97. The highest BCUT2D eigenvalue weighted by Crippen LogP contribution is 2.37. The van der Waals surface area contributed by atoms with Gasteiger partial charge in [-0.1, -0.05) is 12.1 Å². The van der Waals surface area contributed by atoms with Crippen LogP contribution in [0.4, 0.5) is 13.2 Å². The van der Waals surface area contributed by atoms with E-state index in [1.165, 1.54) is 0 Å². The summed E-state index contributed by atoms with van der Waals surface area (Å²) < 4.78 is 38.2. The summed E-state index contributed by atoms with van der Waals surface area (Å²) in [6.45, 7) is 1.50. The van der Waals surface area contributed by atoms with Crippen molar-refractivity contribution in [2.24, 2.45) is 11.8 Å². The molecule has 1 aromatic rings. The van der Waals surface area contributed by atoms with Crippen molar-refractivity contribution in [2.45, 2.75) is 37.9 Å². The summed E-state index contributed by atoms with van der Waals surface area (Å²) in [6.07, 6.45) is -0.356. The third kappa shape index (κ3) is 3.91. The number of alkyl halides is 3. The van der Waals surface area contributed by atoms with Crippen LogP contribution in [0, 0.1) is 11.8 Å². The van der Waals surface area contributed by atoms with E-state index >= 15 is 0 Å². The number of halogens is 3. The van der Waals surface area contributed by atoms with E-state index in [4.69, 9.17) is 0 Å². The maximum Gasteiger partial charge on any atom is 0.416 e. The van der Waals surface area contributed by atoms with Crippen LogP contribution in [0.5, 0.6) is 0 Å². The van der Waals surface area contributed by atoms with E-state index in [0.717, 1.165) is 49.9 Å². The highest BCUT2D eigenvalue weighted by molar-refractivity contribution is 5.80. The molecule has 1 N–H and O–H groups in total. The van der Waals surface area contributed by atoms with Gasteiger partial charge in [0.1, 0.15) is 0 Å². The minimum absolute atomic E-state index is 0.0422. The Labute approximate surface area is 140 Å². The van der Waals surface area contributed by atoms with Gasteiger partial charge in [-0.25, -0.2) is 0 Å². The zero-order valence-corrected chi connectivity index (χ0v) is 13.8.